The number of nitrogens with one attached hydrogen (secondary N) is 2. The van der Waals surface area contributed by atoms with Crippen LogP contribution in [0.5, 0.6) is 0 Å². The lowest BCUT2D eigenvalue weighted by molar-refractivity contribution is -0.385. The van der Waals surface area contributed by atoms with Gasteiger partial charge in [0.1, 0.15) is 5.69 Å². The summed E-state index contributed by atoms with van der Waals surface area (Å²) in [5.74, 6) is -0.108. The average Bonchev–Trinajstić information content (AvgIpc) is 3.08. The van der Waals surface area contributed by atoms with Gasteiger partial charge in [-0.3, -0.25) is 20.0 Å². The van der Waals surface area contributed by atoms with Crippen LogP contribution in [-0.2, 0) is 0 Å². The molecular weight excluding hydrogens is 238 g/mol. The molecule has 98 valence electrons. The second-order valence-electron chi connectivity index (χ2n) is 4.51. The Hall–Kier alpha value is -1.96. The van der Waals surface area contributed by atoms with Crippen molar-refractivity contribution in [3.8, 4) is 0 Å². The number of aromatic nitrogens is 2. The Bertz CT molecular complexity index is 480. The fraction of sp³-hybridized carbons (Fsp3) is 0.600. The van der Waals surface area contributed by atoms with E-state index < -0.39 is 10.8 Å². The Labute approximate surface area is 103 Å². The molecule has 1 aromatic rings. The van der Waals surface area contributed by atoms with Gasteiger partial charge in [0.05, 0.1) is 4.92 Å². The number of nitrogens with zero attached hydrogens (tertiary/aromatic N) is 2. The van der Waals surface area contributed by atoms with Gasteiger partial charge in [-0.25, -0.2) is 0 Å². The Kier molecular flexibility index (Phi) is 3.28. The van der Waals surface area contributed by atoms with Crippen molar-refractivity contribution in [3.05, 3.63) is 21.5 Å². The van der Waals surface area contributed by atoms with Crippen LogP contribution in [0, 0.1) is 23.0 Å². The van der Waals surface area contributed by atoms with Gasteiger partial charge in [-0.2, -0.15) is 5.10 Å². The summed E-state index contributed by atoms with van der Waals surface area (Å²) in [5, 5.41) is 19.5. The topological polar surface area (TPSA) is 127 Å². The van der Waals surface area contributed by atoms with Gasteiger partial charge >= 0.3 is 5.69 Å². The monoisotopic (exact) mass is 253 g/mol. The minimum Gasteiger partial charge on any atom is -0.349 e. The molecule has 1 aromatic heterocycles. The summed E-state index contributed by atoms with van der Waals surface area (Å²) in [5.41, 5.74) is 5.61. The highest BCUT2D eigenvalue weighted by molar-refractivity contribution is 5.96. The molecule has 0 spiro atoms. The largest absolute Gasteiger partial charge is 0.349 e. The number of hydrogen-bond acceptors (Lipinski definition) is 5. The summed E-state index contributed by atoms with van der Waals surface area (Å²) in [6, 6.07) is -0.0898. The molecule has 0 aromatic carbocycles. The van der Waals surface area contributed by atoms with Crippen molar-refractivity contribution in [2.45, 2.75) is 25.8 Å². The van der Waals surface area contributed by atoms with Crippen LogP contribution >= 0.6 is 0 Å². The first-order chi connectivity index (χ1) is 8.50. The maximum absolute atomic E-state index is 11.8. The van der Waals surface area contributed by atoms with E-state index in [4.69, 9.17) is 5.73 Å². The lowest BCUT2D eigenvalue weighted by atomic mass is 10.2. The summed E-state index contributed by atoms with van der Waals surface area (Å²) in [6.45, 7) is 1.81. The van der Waals surface area contributed by atoms with Gasteiger partial charge in [0.2, 0.25) is 5.69 Å². The maximum Gasteiger partial charge on any atom is 0.322 e. The molecule has 1 unspecified atom stereocenters. The van der Waals surface area contributed by atoms with E-state index in [2.05, 4.69) is 15.5 Å². The average molecular weight is 253 g/mol. The minimum absolute atomic E-state index is 0.0898. The summed E-state index contributed by atoms with van der Waals surface area (Å²) >= 11 is 0. The number of hydrogen-bond donors (Lipinski definition) is 3. The number of rotatable bonds is 5. The number of nitro groups is 1. The van der Waals surface area contributed by atoms with Crippen LogP contribution in [0.25, 0.3) is 0 Å². The molecule has 18 heavy (non-hydrogen) atoms. The van der Waals surface area contributed by atoms with Crippen LogP contribution in [-0.4, -0.2) is 33.6 Å². The van der Waals surface area contributed by atoms with Gasteiger partial charge < -0.3 is 11.1 Å². The standard InChI is InChI=1S/C10H15N5O3/c1-5-9(15(17)18)8(14-13-5)10(16)12-4-7(11)6-2-3-6/h6-7H,2-4,11H2,1H3,(H,12,16)(H,13,14). The zero-order valence-electron chi connectivity index (χ0n) is 9.97. The Morgan fingerprint density at radius 1 is 1.72 bits per heavy atom. The van der Waals surface area contributed by atoms with Crippen molar-refractivity contribution < 1.29 is 9.72 Å². The van der Waals surface area contributed by atoms with Gasteiger partial charge in [-0.05, 0) is 25.7 Å². The summed E-state index contributed by atoms with van der Waals surface area (Å²) in [7, 11) is 0. The van der Waals surface area contributed by atoms with Gasteiger partial charge in [-0.15, -0.1) is 0 Å². The zero-order valence-corrected chi connectivity index (χ0v) is 9.97. The van der Waals surface area contributed by atoms with Crippen molar-refractivity contribution in [2.75, 3.05) is 6.54 Å². The van der Waals surface area contributed by atoms with Crippen LogP contribution in [0.1, 0.15) is 29.0 Å². The molecule has 0 bridgehead atoms. The lowest BCUT2D eigenvalue weighted by Gasteiger charge is -2.10. The highest BCUT2D eigenvalue weighted by atomic mass is 16.6. The zero-order chi connectivity index (χ0) is 13.3. The summed E-state index contributed by atoms with van der Waals surface area (Å²) in [4.78, 5) is 22.0. The molecule has 8 heteroatoms. The van der Waals surface area contributed by atoms with Crippen LogP contribution in [0.4, 0.5) is 5.69 Å². The quantitative estimate of drug-likeness (QED) is 0.506. The van der Waals surface area contributed by atoms with Gasteiger partial charge in [0.15, 0.2) is 0 Å². The molecule has 1 heterocycles. The first-order valence-electron chi connectivity index (χ1n) is 5.74. The third kappa shape index (κ3) is 2.48. The Morgan fingerprint density at radius 2 is 2.39 bits per heavy atom. The SMILES string of the molecule is Cc1[nH]nc(C(=O)NCC(N)C2CC2)c1[N+](=O)[O-]. The van der Waals surface area contributed by atoms with E-state index in [9.17, 15) is 14.9 Å². The first-order valence-corrected chi connectivity index (χ1v) is 5.74. The number of carbonyl (C=O) groups excluding carboxylic acids is 1. The predicted molar refractivity (Wildman–Crippen MR) is 63.0 cm³/mol. The smallest absolute Gasteiger partial charge is 0.322 e. The van der Waals surface area contributed by atoms with Crippen LogP contribution in [0.15, 0.2) is 0 Å². The number of H-pyrrole nitrogens is 1. The molecule has 4 N–H and O–H groups in total. The molecule has 2 rings (SSSR count). The molecule has 0 aliphatic heterocycles. The molecule has 1 atom stereocenters. The van der Waals surface area contributed by atoms with Crippen molar-refractivity contribution in [1.82, 2.24) is 15.5 Å². The summed E-state index contributed by atoms with van der Waals surface area (Å²) < 4.78 is 0. The molecule has 1 fully saturated rings. The van der Waals surface area contributed by atoms with E-state index in [-0.39, 0.29) is 23.1 Å². The van der Waals surface area contributed by atoms with E-state index >= 15 is 0 Å². The van der Waals surface area contributed by atoms with Crippen molar-refractivity contribution in [3.63, 3.8) is 0 Å². The molecule has 1 aliphatic carbocycles. The molecule has 0 radical (unpaired) electrons. The van der Waals surface area contributed by atoms with Crippen molar-refractivity contribution in [1.29, 1.82) is 0 Å². The number of aryl methyl sites for hydroxylation is 1. The second-order valence-corrected chi connectivity index (χ2v) is 4.51. The predicted octanol–water partition coefficient (Wildman–Crippen LogP) is 0.0934. The minimum atomic E-state index is -0.617. The van der Waals surface area contributed by atoms with Gasteiger partial charge in [0.25, 0.3) is 5.91 Å². The number of amides is 1. The molecule has 1 amide bonds. The van der Waals surface area contributed by atoms with Crippen LogP contribution < -0.4 is 11.1 Å². The third-order valence-corrected chi connectivity index (χ3v) is 3.04. The number of aromatic amines is 1. The fourth-order valence-corrected chi connectivity index (χ4v) is 1.79. The molecule has 0 saturated heterocycles. The molecule has 8 nitrogen and oxygen atoms in total. The number of carbonyl (C=O) groups is 1. The van der Waals surface area contributed by atoms with E-state index in [0.29, 0.717) is 12.5 Å². The normalized spacial score (nSPS) is 16.3. The highest BCUT2D eigenvalue weighted by Gasteiger charge is 2.30. The van der Waals surface area contributed by atoms with E-state index in [1.807, 2.05) is 0 Å². The maximum atomic E-state index is 11.8. The van der Waals surface area contributed by atoms with E-state index in [0.717, 1.165) is 12.8 Å². The van der Waals surface area contributed by atoms with E-state index in [1.165, 1.54) is 6.92 Å². The number of nitrogens with two attached hydrogens (primary N) is 1. The lowest BCUT2D eigenvalue weighted by Crippen LogP contribution is -2.38. The fourth-order valence-electron chi connectivity index (χ4n) is 1.79. The molecule has 1 aliphatic rings. The Morgan fingerprint density at radius 3 is 2.94 bits per heavy atom. The highest BCUT2D eigenvalue weighted by Crippen LogP contribution is 2.31. The van der Waals surface area contributed by atoms with E-state index in [1.54, 1.807) is 0 Å². The van der Waals surface area contributed by atoms with Gasteiger partial charge in [0, 0.05) is 12.6 Å². The molecule has 1 saturated carbocycles. The van der Waals surface area contributed by atoms with Crippen molar-refractivity contribution >= 4 is 11.6 Å². The van der Waals surface area contributed by atoms with Crippen LogP contribution in [0.2, 0.25) is 0 Å². The first kappa shape index (κ1) is 12.5. The van der Waals surface area contributed by atoms with Crippen molar-refractivity contribution in [2.24, 2.45) is 11.7 Å². The van der Waals surface area contributed by atoms with Gasteiger partial charge in [-0.1, -0.05) is 0 Å². The molecular formula is C10H15N5O3. The Balaban J connectivity index is 2.02. The second kappa shape index (κ2) is 4.73. The van der Waals surface area contributed by atoms with Crippen LogP contribution in [0.3, 0.4) is 0 Å². The third-order valence-electron chi connectivity index (χ3n) is 3.04. The summed E-state index contributed by atoms with van der Waals surface area (Å²) in [6.07, 6.45) is 2.16.